The summed E-state index contributed by atoms with van der Waals surface area (Å²) in [5, 5.41) is -1.06. The molecule has 3 heterocycles. The van der Waals surface area contributed by atoms with Gasteiger partial charge in [0.2, 0.25) is 6.79 Å². The van der Waals surface area contributed by atoms with E-state index in [1.54, 1.807) is 0 Å². The van der Waals surface area contributed by atoms with Crippen LogP contribution in [-0.4, -0.2) is 82.4 Å². The molecule has 0 spiro atoms. The van der Waals surface area contributed by atoms with Gasteiger partial charge in [-0.2, -0.15) is 0 Å². The maximum atomic E-state index is 13.3. The van der Waals surface area contributed by atoms with Crippen molar-refractivity contribution in [3.05, 3.63) is 53.8 Å². The summed E-state index contributed by atoms with van der Waals surface area (Å²) >= 11 is 0. The average molecular weight is 497 g/mol. The SMILES string of the molecule is O=S1(=O)C[C@H](N2CCN(Cc3ccc4c(c3)OCO4)CC2)[C@@H](S(=O)(=O)c2ccc(F)cc2)C1. The average Bonchev–Trinajstić information content (AvgIpc) is 3.38. The molecule has 0 radical (unpaired) electrons. The van der Waals surface area contributed by atoms with Crippen molar-refractivity contribution in [3.8, 4) is 11.5 Å². The highest BCUT2D eigenvalue weighted by Gasteiger charge is 2.48. The lowest BCUT2D eigenvalue weighted by atomic mass is 10.1. The summed E-state index contributed by atoms with van der Waals surface area (Å²) in [6, 6.07) is 9.81. The Kier molecular flexibility index (Phi) is 5.84. The van der Waals surface area contributed by atoms with Gasteiger partial charge in [-0.25, -0.2) is 21.2 Å². The van der Waals surface area contributed by atoms with Crippen LogP contribution in [0, 0.1) is 5.82 Å². The topological polar surface area (TPSA) is 93.2 Å². The van der Waals surface area contributed by atoms with Crippen LogP contribution in [0.3, 0.4) is 0 Å². The van der Waals surface area contributed by atoms with E-state index in [2.05, 4.69) is 4.90 Å². The van der Waals surface area contributed by atoms with Crippen LogP contribution in [0.4, 0.5) is 4.39 Å². The normalized spacial score (nSPS) is 25.4. The summed E-state index contributed by atoms with van der Waals surface area (Å²) in [6.07, 6.45) is 0. The van der Waals surface area contributed by atoms with Gasteiger partial charge < -0.3 is 9.47 Å². The Morgan fingerprint density at radius 3 is 2.36 bits per heavy atom. The zero-order chi connectivity index (χ0) is 23.2. The molecular formula is C22H25FN2O6S2. The Hall–Kier alpha value is -2.21. The van der Waals surface area contributed by atoms with E-state index in [0.29, 0.717) is 32.7 Å². The summed E-state index contributed by atoms with van der Waals surface area (Å²) < 4.78 is 75.4. The first kappa shape index (κ1) is 22.6. The standard InChI is InChI=1S/C22H25FN2O6S2/c23-17-2-4-18(5-3-17)33(28,29)22-14-32(26,27)13-19(22)25-9-7-24(8-10-25)12-16-1-6-20-21(11-16)31-15-30-20/h1-6,11,19,22H,7-10,12-15H2/t19-,22-/m0/s1. The van der Waals surface area contributed by atoms with Crippen LogP contribution >= 0.6 is 0 Å². The van der Waals surface area contributed by atoms with Crippen LogP contribution in [0.15, 0.2) is 47.4 Å². The van der Waals surface area contributed by atoms with Gasteiger partial charge in [0.1, 0.15) is 5.82 Å². The van der Waals surface area contributed by atoms with Crippen LogP contribution in [0.1, 0.15) is 5.56 Å². The smallest absolute Gasteiger partial charge is 0.231 e. The second-order valence-corrected chi connectivity index (χ2v) is 13.0. The van der Waals surface area contributed by atoms with Crippen molar-refractivity contribution in [2.75, 3.05) is 44.5 Å². The number of nitrogens with zero attached hydrogens (tertiary/aromatic N) is 2. The predicted octanol–water partition coefficient (Wildman–Crippen LogP) is 1.31. The molecular weight excluding hydrogens is 471 g/mol. The lowest BCUT2D eigenvalue weighted by Gasteiger charge is -2.39. The van der Waals surface area contributed by atoms with Gasteiger partial charge in [0, 0.05) is 38.8 Å². The predicted molar refractivity (Wildman–Crippen MR) is 119 cm³/mol. The molecule has 2 aromatic rings. The molecule has 0 unspecified atom stereocenters. The monoisotopic (exact) mass is 496 g/mol. The van der Waals surface area contributed by atoms with E-state index in [-0.39, 0.29) is 17.4 Å². The molecule has 5 rings (SSSR count). The molecule has 3 aliphatic rings. The highest BCUT2D eigenvalue weighted by atomic mass is 32.2. The summed E-state index contributed by atoms with van der Waals surface area (Å²) in [7, 11) is -7.42. The van der Waals surface area contributed by atoms with Crippen molar-refractivity contribution in [2.24, 2.45) is 0 Å². The molecule has 2 aromatic carbocycles. The highest BCUT2D eigenvalue weighted by molar-refractivity contribution is 7.96. The molecule has 0 N–H and O–H groups in total. The lowest BCUT2D eigenvalue weighted by molar-refractivity contribution is 0.101. The fourth-order valence-corrected chi connectivity index (χ4v) is 9.61. The molecule has 2 atom stereocenters. The maximum absolute atomic E-state index is 13.3. The molecule has 178 valence electrons. The van der Waals surface area contributed by atoms with Crippen molar-refractivity contribution in [1.29, 1.82) is 0 Å². The fourth-order valence-electron chi connectivity index (χ4n) is 4.78. The van der Waals surface area contributed by atoms with Gasteiger partial charge >= 0.3 is 0 Å². The number of fused-ring (bicyclic) bond motifs is 1. The molecule has 3 aliphatic heterocycles. The van der Waals surface area contributed by atoms with E-state index in [1.165, 1.54) is 12.1 Å². The molecule has 0 aliphatic carbocycles. The fraction of sp³-hybridized carbons (Fsp3) is 0.455. The van der Waals surface area contributed by atoms with Crippen LogP contribution in [0.5, 0.6) is 11.5 Å². The second-order valence-electron chi connectivity index (χ2n) is 8.68. The van der Waals surface area contributed by atoms with E-state index in [4.69, 9.17) is 9.47 Å². The molecule has 11 heteroatoms. The number of hydrogen-bond acceptors (Lipinski definition) is 8. The third-order valence-electron chi connectivity index (χ3n) is 6.53. The largest absolute Gasteiger partial charge is 0.454 e. The number of benzene rings is 2. The Balaban J connectivity index is 1.28. The minimum Gasteiger partial charge on any atom is -0.454 e. The Labute approximate surface area is 192 Å². The zero-order valence-corrected chi connectivity index (χ0v) is 19.5. The van der Waals surface area contributed by atoms with Gasteiger partial charge in [0.05, 0.1) is 21.7 Å². The number of ether oxygens (including phenoxy) is 2. The maximum Gasteiger partial charge on any atom is 0.231 e. The van der Waals surface area contributed by atoms with Crippen LogP contribution in [0.2, 0.25) is 0 Å². The molecule has 0 saturated carbocycles. The van der Waals surface area contributed by atoms with E-state index >= 15 is 0 Å². The minimum absolute atomic E-state index is 0.0440. The third kappa shape index (κ3) is 4.59. The van der Waals surface area contributed by atoms with Gasteiger partial charge in [-0.3, -0.25) is 9.80 Å². The third-order valence-corrected chi connectivity index (χ3v) is 10.7. The number of hydrogen-bond donors (Lipinski definition) is 0. The van der Waals surface area contributed by atoms with E-state index in [1.807, 2.05) is 23.1 Å². The van der Waals surface area contributed by atoms with Gasteiger partial charge in [0.15, 0.2) is 31.2 Å². The summed E-state index contributed by atoms with van der Waals surface area (Å²) in [4.78, 5) is 4.19. The van der Waals surface area contributed by atoms with Crippen LogP contribution in [0.25, 0.3) is 0 Å². The van der Waals surface area contributed by atoms with Gasteiger partial charge in [-0.05, 0) is 42.0 Å². The van der Waals surface area contributed by atoms with Crippen molar-refractivity contribution < 1.29 is 30.7 Å². The van der Waals surface area contributed by atoms with Gasteiger partial charge in [0.25, 0.3) is 0 Å². The molecule has 2 fully saturated rings. The summed E-state index contributed by atoms with van der Waals surface area (Å²) in [5.41, 5.74) is 1.09. The van der Waals surface area contributed by atoms with E-state index in [0.717, 1.165) is 29.2 Å². The lowest BCUT2D eigenvalue weighted by Crippen LogP contribution is -2.54. The van der Waals surface area contributed by atoms with E-state index in [9.17, 15) is 21.2 Å². The summed E-state index contributed by atoms with van der Waals surface area (Å²) in [6.45, 7) is 3.46. The number of sulfone groups is 2. The second kappa shape index (κ2) is 8.53. The number of rotatable bonds is 5. The van der Waals surface area contributed by atoms with Crippen molar-refractivity contribution >= 4 is 19.7 Å². The van der Waals surface area contributed by atoms with E-state index < -0.39 is 42.5 Å². The molecule has 0 aromatic heterocycles. The van der Waals surface area contributed by atoms with Crippen LogP contribution < -0.4 is 9.47 Å². The van der Waals surface area contributed by atoms with Crippen molar-refractivity contribution in [2.45, 2.75) is 22.7 Å². The van der Waals surface area contributed by atoms with Crippen LogP contribution in [-0.2, 0) is 26.2 Å². The summed E-state index contributed by atoms with van der Waals surface area (Å²) in [5.74, 6) is 0.341. The Bertz CT molecular complexity index is 1240. The molecule has 0 amide bonds. The molecule has 2 saturated heterocycles. The molecule has 33 heavy (non-hydrogen) atoms. The first-order chi connectivity index (χ1) is 15.7. The first-order valence-electron chi connectivity index (χ1n) is 10.8. The van der Waals surface area contributed by atoms with Gasteiger partial charge in [-0.15, -0.1) is 0 Å². The zero-order valence-electron chi connectivity index (χ0n) is 17.9. The molecule has 8 nitrogen and oxygen atoms in total. The van der Waals surface area contributed by atoms with Crippen molar-refractivity contribution in [3.63, 3.8) is 0 Å². The number of halogens is 1. The van der Waals surface area contributed by atoms with Gasteiger partial charge in [-0.1, -0.05) is 6.07 Å². The number of piperazine rings is 1. The minimum atomic E-state index is -3.92. The Morgan fingerprint density at radius 2 is 1.64 bits per heavy atom. The highest BCUT2D eigenvalue weighted by Crippen LogP contribution is 2.33. The Morgan fingerprint density at radius 1 is 0.939 bits per heavy atom. The van der Waals surface area contributed by atoms with Crippen molar-refractivity contribution in [1.82, 2.24) is 9.80 Å². The molecule has 0 bridgehead atoms. The first-order valence-corrected chi connectivity index (χ1v) is 14.1. The quantitative estimate of drug-likeness (QED) is 0.572.